The largest absolute Gasteiger partial charge is 0.462 e. The van der Waals surface area contributed by atoms with Gasteiger partial charge in [0.05, 0.1) is 29.1 Å². The van der Waals surface area contributed by atoms with Crippen LogP contribution >= 0.6 is 0 Å². The lowest BCUT2D eigenvalue weighted by Gasteiger charge is -2.25. The molecule has 1 atom stereocenters. The van der Waals surface area contributed by atoms with Crippen molar-refractivity contribution in [2.24, 2.45) is 0 Å². The van der Waals surface area contributed by atoms with E-state index in [1.54, 1.807) is 36.9 Å². The Morgan fingerprint density at radius 2 is 1.71 bits per heavy atom. The first-order valence-electron chi connectivity index (χ1n) is 12.6. The number of benzene rings is 3. The molecule has 0 spiro atoms. The van der Waals surface area contributed by atoms with Crippen LogP contribution < -0.4 is 20.9 Å². The van der Waals surface area contributed by atoms with Crippen LogP contribution in [-0.2, 0) is 14.3 Å². The van der Waals surface area contributed by atoms with Crippen LogP contribution in [0.3, 0.4) is 0 Å². The van der Waals surface area contributed by atoms with E-state index in [4.69, 9.17) is 4.74 Å². The number of anilines is 3. The first-order chi connectivity index (χ1) is 18.3. The predicted octanol–water partition coefficient (Wildman–Crippen LogP) is 4.76. The molecule has 38 heavy (non-hydrogen) atoms. The third-order valence-electron chi connectivity index (χ3n) is 6.37. The summed E-state index contributed by atoms with van der Waals surface area (Å²) in [6.07, 6.45) is 0. The van der Waals surface area contributed by atoms with Crippen molar-refractivity contribution in [2.75, 3.05) is 35.7 Å². The molecule has 1 aliphatic rings. The number of hydrogen-bond donors (Lipinski definition) is 3. The molecular formula is C30H32N4O4. The molecule has 0 fully saturated rings. The molecule has 1 unspecified atom stereocenters. The van der Waals surface area contributed by atoms with Gasteiger partial charge in [-0.25, -0.2) is 4.79 Å². The molecule has 1 aliphatic heterocycles. The molecule has 4 rings (SSSR count). The highest BCUT2D eigenvalue weighted by molar-refractivity contribution is 6.37. The maximum atomic E-state index is 13.2. The monoisotopic (exact) mass is 512 g/mol. The van der Waals surface area contributed by atoms with Gasteiger partial charge in [-0.2, -0.15) is 0 Å². The van der Waals surface area contributed by atoms with Crippen molar-refractivity contribution in [3.05, 3.63) is 89.5 Å². The number of carbonyl (C=O) groups is 3. The van der Waals surface area contributed by atoms with Crippen molar-refractivity contribution in [1.29, 1.82) is 0 Å². The highest BCUT2D eigenvalue weighted by Gasteiger charge is 2.29. The molecule has 0 aliphatic carbocycles. The minimum absolute atomic E-state index is 0.0404. The Kier molecular flexibility index (Phi) is 8.23. The Bertz CT molecular complexity index is 1370. The lowest BCUT2D eigenvalue weighted by molar-refractivity contribution is -0.116. The molecule has 196 valence electrons. The topological polar surface area (TPSA) is 99.8 Å². The van der Waals surface area contributed by atoms with Gasteiger partial charge in [0.1, 0.15) is 0 Å². The first-order valence-corrected chi connectivity index (χ1v) is 12.6. The number of ether oxygens (including phenoxy) is 1. The maximum absolute atomic E-state index is 13.2. The van der Waals surface area contributed by atoms with E-state index in [0.29, 0.717) is 34.6 Å². The van der Waals surface area contributed by atoms with Crippen LogP contribution in [0.2, 0.25) is 0 Å². The Balaban J connectivity index is 1.72. The van der Waals surface area contributed by atoms with Gasteiger partial charge in [0.2, 0.25) is 5.91 Å². The average Bonchev–Trinajstić information content (AvgIpc) is 3.25. The average molecular weight is 513 g/mol. The third kappa shape index (κ3) is 5.76. The van der Waals surface area contributed by atoms with E-state index in [1.807, 2.05) is 68.6 Å². The predicted molar refractivity (Wildman–Crippen MR) is 151 cm³/mol. The summed E-state index contributed by atoms with van der Waals surface area (Å²) in [4.78, 5) is 39.4. The van der Waals surface area contributed by atoms with Gasteiger partial charge in [-0.15, -0.1) is 0 Å². The quantitative estimate of drug-likeness (QED) is 0.283. The second-order valence-electron chi connectivity index (χ2n) is 9.04. The van der Waals surface area contributed by atoms with Gasteiger partial charge in [-0.1, -0.05) is 36.4 Å². The van der Waals surface area contributed by atoms with E-state index in [0.717, 1.165) is 16.9 Å². The molecule has 0 aromatic heterocycles. The number of nitrogens with zero attached hydrogens (tertiary/aromatic N) is 1. The molecule has 0 bridgehead atoms. The van der Waals surface area contributed by atoms with E-state index < -0.39 is 5.97 Å². The van der Waals surface area contributed by atoms with Gasteiger partial charge in [0.15, 0.2) is 0 Å². The molecule has 8 heteroatoms. The summed E-state index contributed by atoms with van der Waals surface area (Å²) >= 11 is 0. The summed E-state index contributed by atoms with van der Waals surface area (Å²) in [7, 11) is 1.86. The summed E-state index contributed by atoms with van der Waals surface area (Å²) in [6, 6.07) is 22.3. The van der Waals surface area contributed by atoms with E-state index in [2.05, 4.69) is 16.0 Å². The van der Waals surface area contributed by atoms with Crippen LogP contribution in [0.15, 0.2) is 72.8 Å². The van der Waals surface area contributed by atoms with Crippen molar-refractivity contribution in [1.82, 2.24) is 5.32 Å². The minimum atomic E-state index is -0.438. The van der Waals surface area contributed by atoms with E-state index >= 15 is 0 Å². The van der Waals surface area contributed by atoms with Crippen LogP contribution in [-0.4, -0.2) is 44.0 Å². The molecule has 0 radical (unpaired) electrons. The van der Waals surface area contributed by atoms with E-state index in [1.165, 1.54) is 0 Å². The van der Waals surface area contributed by atoms with Gasteiger partial charge in [-0.3, -0.25) is 9.59 Å². The molecule has 0 saturated carbocycles. The van der Waals surface area contributed by atoms with Crippen molar-refractivity contribution >= 4 is 46.1 Å². The highest BCUT2D eigenvalue weighted by atomic mass is 16.5. The standard InChI is InChI=1S/C30H32N4O4/c1-5-38-30(37)22-11-16-25-26(17-22)33-29(36)27(25)28(21-9-7-6-8-10-21)32-23-12-14-24(15-13-23)34(20(3)35)18-19(2)31-4/h6-17,19,31-32H,5,18H2,1-4H3,(H,33,36). The Hall–Kier alpha value is -4.43. The van der Waals surface area contributed by atoms with Crippen molar-refractivity contribution in [3.63, 3.8) is 0 Å². The lowest BCUT2D eigenvalue weighted by atomic mass is 9.99. The lowest BCUT2D eigenvalue weighted by Crippen LogP contribution is -2.40. The van der Waals surface area contributed by atoms with Gasteiger partial charge < -0.3 is 25.6 Å². The Morgan fingerprint density at radius 1 is 1.00 bits per heavy atom. The van der Waals surface area contributed by atoms with Crippen LogP contribution in [0.4, 0.5) is 17.1 Å². The van der Waals surface area contributed by atoms with Crippen LogP contribution in [0, 0.1) is 0 Å². The number of hydrogen-bond acceptors (Lipinski definition) is 6. The van der Waals surface area contributed by atoms with Gasteiger partial charge in [-0.05, 0) is 62.9 Å². The fourth-order valence-electron chi connectivity index (χ4n) is 4.30. The second kappa shape index (κ2) is 11.7. The number of fused-ring (bicyclic) bond motifs is 1. The zero-order valence-electron chi connectivity index (χ0n) is 22.0. The van der Waals surface area contributed by atoms with Crippen molar-refractivity contribution < 1.29 is 19.1 Å². The number of esters is 1. The normalized spacial score (nSPS) is 14.3. The molecule has 3 N–H and O–H groups in total. The number of nitrogens with one attached hydrogen (secondary N) is 3. The summed E-state index contributed by atoms with van der Waals surface area (Å²) < 4.78 is 5.10. The Morgan fingerprint density at radius 3 is 2.34 bits per heavy atom. The van der Waals surface area contributed by atoms with E-state index in [9.17, 15) is 14.4 Å². The summed E-state index contributed by atoms with van der Waals surface area (Å²) in [6.45, 7) is 6.13. The third-order valence-corrected chi connectivity index (χ3v) is 6.37. The van der Waals surface area contributed by atoms with Crippen LogP contribution in [0.5, 0.6) is 0 Å². The number of amides is 2. The van der Waals surface area contributed by atoms with Crippen molar-refractivity contribution in [3.8, 4) is 0 Å². The second-order valence-corrected chi connectivity index (χ2v) is 9.04. The van der Waals surface area contributed by atoms with Crippen LogP contribution in [0.1, 0.15) is 42.3 Å². The highest BCUT2D eigenvalue weighted by Crippen LogP contribution is 2.38. The molecule has 3 aromatic rings. The summed E-state index contributed by atoms with van der Waals surface area (Å²) in [5, 5.41) is 9.47. The fourth-order valence-corrected chi connectivity index (χ4v) is 4.30. The molecular weight excluding hydrogens is 480 g/mol. The number of likely N-dealkylation sites (N-methyl/N-ethyl adjacent to an activating group) is 1. The van der Waals surface area contributed by atoms with Gasteiger partial charge in [0.25, 0.3) is 5.91 Å². The number of rotatable bonds is 9. The van der Waals surface area contributed by atoms with Gasteiger partial charge >= 0.3 is 5.97 Å². The maximum Gasteiger partial charge on any atom is 0.338 e. The fraction of sp³-hybridized carbons (Fsp3) is 0.233. The van der Waals surface area contributed by atoms with Crippen LogP contribution in [0.25, 0.3) is 11.3 Å². The summed E-state index contributed by atoms with van der Waals surface area (Å²) in [5.74, 6) is -0.749. The molecule has 1 heterocycles. The molecule has 0 saturated heterocycles. The SMILES string of the molecule is CCOC(=O)c1ccc2c(c1)NC(=O)C2=C(Nc1ccc(N(CC(C)NC)C(C)=O)cc1)c1ccccc1. The smallest absolute Gasteiger partial charge is 0.338 e. The molecule has 3 aromatic carbocycles. The first kappa shape index (κ1) is 26.6. The number of carbonyl (C=O) groups excluding carboxylic acids is 3. The van der Waals surface area contributed by atoms with Gasteiger partial charge in [0, 0.05) is 36.4 Å². The minimum Gasteiger partial charge on any atom is -0.462 e. The zero-order valence-corrected chi connectivity index (χ0v) is 22.0. The molecule has 8 nitrogen and oxygen atoms in total. The summed E-state index contributed by atoms with van der Waals surface area (Å²) in [5.41, 5.74) is 5.09. The van der Waals surface area contributed by atoms with E-state index in [-0.39, 0.29) is 24.5 Å². The Labute approximate surface area is 222 Å². The van der Waals surface area contributed by atoms with Crippen molar-refractivity contribution in [2.45, 2.75) is 26.8 Å². The zero-order chi connectivity index (χ0) is 27.2. The molecule has 2 amide bonds.